The van der Waals surface area contributed by atoms with Gasteiger partial charge in [0.1, 0.15) is 0 Å². The smallest absolute Gasteiger partial charge is 0.322 e. The lowest BCUT2D eigenvalue weighted by Gasteiger charge is -2.26. The van der Waals surface area contributed by atoms with Gasteiger partial charge >= 0.3 is 6.01 Å². The van der Waals surface area contributed by atoms with Crippen LogP contribution in [-0.4, -0.2) is 47.9 Å². The number of anilines is 1. The number of unbranched alkanes of at least 4 members (excludes halogenated alkanes) is 3. The number of hydrogen-bond donors (Lipinski definition) is 0. The predicted molar refractivity (Wildman–Crippen MR) is 77.5 cm³/mol. The molecule has 0 radical (unpaired) electrons. The van der Waals surface area contributed by atoms with Gasteiger partial charge in [-0.1, -0.05) is 26.2 Å². The molecule has 112 valence electrons. The van der Waals surface area contributed by atoms with Gasteiger partial charge in [0.15, 0.2) is 0 Å². The first-order valence-corrected chi connectivity index (χ1v) is 7.54. The van der Waals surface area contributed by atoms with E-state index in [0.717, 1.165) is 25.9 Å². The maximum atomic E-state index is 5.93. The average Bonchev–Trinajstić information content (AvgIpc) is 2.47. The van der Waals surface area contributed by atoms with Crippen LogP contribution in [0.25, 0.3) is 0 Å². The SMILES string of the molecule is CCCCCCOc1nc(Cl)nc(N2CCOCC2)n1. The number of nitrogens with zero attached hydrogens (tertiary/aromatic N) is 4. The summed E-state index contributed by atoms with van der Waals surface area (Å²) in [6.07, 6.45) is 4.59. The van der Waals surface area contributed by atoms with E-state index in [1.54, 1.807) is 0 Å². The molecule has 0 bridgehead atoms. The van der Waals surface area contributed by atoms with Crippen molar-refractivity contribution in [2.24, 2.45) is 0 Å². The van der Waals surface area contributed by atoms with Crippen LogP contribution in [0.2, 0.25) is 5.28 Å². The minimum Gasteiger partial charge on any atom is -0.463 e. The highest BCUT2D eigenvalue weighted by Crippen LogP contribution is 2.16. The van der Waals surface area contributed by atoms with E-state index in [1.807, 2.05) is 4.90 Å². The van der Waals surface area contributed by atoms with E-state index in [1.165, 1.54) is 12.8 Å². The fraction of sp³-hybridized carbons (Fsp3) is 0.769. The summed E-state index contributed by atoms with van der Waals surface area (Å²) in [4.78, 5) is 14.5. The summed E-state index contributed by atoms with van der Waals surface area (Å²) in [6.45, 7) is 5.67. The zero-order chi connectivity index (χ0) is 14.2. The Bertz CT molecular complexity index is 413. The van der Waals surface area contributed by atoms with Crippen LogP contribution in [0.1, 0.15) is 32.6 Å². The normalized spacial score (nSPS) is 15.4. The van der Waals surface area contributed by atoms with Gasteiger partial charge in [-0.2, -0.15) is 15.0 Å². The molecule has 1 aromatic rings. The maximum absolute atomic E-state index is 5.93. The maximum Gasteiger partial charge on any atom is 0.322 e. The van der Waals surface area contributed by atoms with E-state index < -0.39 is 0 Å². The quantitative estimate of drug-likeness (QED) is 0.720. The molecule has 7 heteroatoms. The van der Waals surface area contributed by atoms with Gasteiger partial charge in [0, 0.05) is 13.1 Å². The minimum atomic E-state index is 0.171. The van der Waals surface area contributed by atoms with E-state index in [0.29, 0.717) is 31.8 Å². The Labute approximate surface area is 124 Å². The van der Waals surface area contributed by atoms with E-state index in [4.69, 9.17) is 21.1 Å². The fourth-order valence-corrected chi connectivity index (χ4v) is 2.13. The van der Waals surface area contributed by atoms with Crippen LogP contribution in [0.5, 0.6) is 6.01 Å². The van der Waals surface area contributed by atoms with E-state index in [2.05, 4.69) is 21.9 Å². The van der Waals surface area contributed by atoms with Gasteiger partial charge in [-0.3, -0.25) is 0 Å². The Morgan fingerprint density at radius 3 is 2.70 bits per heavy atom. The molecule has 0 spiro atoms. The second kappa shape index (κ2) is 8.21. The van der Waals surface area contributed by atoms with E-state index in [-0.39, 0.29) is 5.28 Å². The van der Waals surface area contributed by atoms with Gasteiger partial charge in [-0.15, -0.1) is 0 Å². The Morgan fingerprint density at radius 2 is 1.95 bits per heavy atom. The van der Waals surface area contributed by atoms with Crippen LogP contribution >= 0.6 is 11.6 Å². The molecule has 2 rings (SSSR count). The largest absolute Gasteiger partial charge is 0.463 e. The summed E-state index contributed by atoms with van der Waals surface area (Å²) in [5.41, 5.74) is 0. The summed E-state index contributed by atoms with van der Waals surface area (Å²) in [7, 11) is 0. The van der Waals surface area contributed by atoms with Crippen LogP contribution in [0.15, 0.2) is 0 Å². The Hall–Kier alpha value is -1.14. The van der Waals surface area contributed by atoms with Crippen molar-refractivity contribution < 1.29 is 9.47 Å². The van der Waals surface area contributed by atoms with Gasteiger partial charge in [0.25, 0.3) is 0 Å². The topological polar surface area (TPSA) is 60.4 Å². The van der Waals surface area contributed by atoms with Gasteiger partial charge < -0.3 is 14.4 Å². The molecule has 0 unspecified atom stereocenters. The van der Waals surface area contributed by atoms with Gasteiger partial charge in [-0.25, -0.2) is 0 Å². The van der Waals surface area contributed by atoms with E-state index in [9.17, 15) is 0 Å². The molecular formula is C13H21ClN4O2. The number of halogens is 1. The standard InChI is InChI=1S/C13H21ClN4O2/c1-2-3-4-5-8-20-13-16-11(14)15-12(17-13)18-6-9-19-10-7-18/h2-10H2,1H3. The Morgan fingerprint density at radius 1 is 1.15 bits per heavy atom. The lowest BCUT2D eigenvalue weighted by atomic mass is 10.2. The van der Waals surface area contributed by atoms with Crippen molar-refractivity contribution in [1.29, 1.82) is 0 Å². The summed E-state index contributed by atoms with van der Waals surface area (Å²) < 4.78 is 10.9. The predicted octanol–water partition coefficient (Wildman–Crippen LogP) is 2.32. The molecule has 1 aliphatic rings. The molecule has 1 fully saturated rings. The first kappa shape index (κ1) is 15.3. The second-order valence-corrected chi connectivity index (χ2v) is 5.03. The number of aromatic nitrogens is 3. The van der Waals surface area contributed by atoms with Crippen LogP contribution < -0.4 is 9.64 Å². The molecule has 0 amide bonds. The van der Waals surface area contributed by atoms with Gasteiger partial charge in [-0.05, 0) is 18.0 Å². The van der Waals surface area contributed by atoms with Crippen molar-refractivity contribution in [3.8, 4) is 6.01 Å². The van der Waals surface area contributed by atoms with Gasteiger partial charge in [0.05, 0.1) is 19.8 Å². The number of morpholine rings is 1. The number of ether oxygens (including phenoxy) is 2. The number of rotatable bonds is 7. The molecular weight excluding hydrogens is 280 g/mol. The molecule has 0 atom stereocenters. The van der Waals surface area contributed by atoms with Crippen LogP contribution in [-0.2, 0) is 4.74 Å². The van der Waals surface area contributed by atoms with Crippen molar-refractivity contribution in [3.05, 3.63) is 5.28 Å². The Kier molecular flexibility index (Phi) is 6.26. The molecule has 1 saturated heterocycles. The van der Waals surface area contributed by atoms with Crippen molar-refractivity contribution in [1.82, 2.24) is 15.0 Å². The lowest BCUT2D eigenvalue weighted by Crippen LogP contribution is -2.37. The monoisotopic (exact) mass is 300 g/mol. The minimum absolute atomic E-state index is 0.171. The summed E-state index contributed by atoms with van der Waals surface area (Å²) in [5.74, 6) is 0.567. The molecule has 6 nitrogen and oxygen atoms in total. The summed E-state index contributed by atoms with van der Waals surface area (Å²) >= 11 is 5.93. The third-order valence-corrected chi connectivity index (χ3v) is 3.27. The van der Waals surface area contributed by atoms with Crippen molar-refractivity contribution in [2.75, 3.05) is 37.8 Å². The van der Waals surface area contributed by atoms with Crippen LogP contribution in [0, 0.1) is 0 Å². The number of hydrogen-bond acceptors (Lipinski definition) is 6. The summed E-state index contributed by atoms with van der Waals surface area (Å²) in [5, 5.41) is 0.171. The first-order chi connectivity index (χ1) is 9.79. The average molecular weight is 301 g/mol. The van der Waals surface area contributed by atoms with E-state index >= 15 is 0 Å². The zero-order valence-corrected chi connectivity index (χ0v) is 12.6. The summed E-state index contributed by atoms with van der Waals surface area (Å²) in [6, 6.07) is 0.308. The molecule has 0 saturated carbocycles. The van der Waals surface area contributed by atoms with Crippen molar-refractivity contribution in [3.63, 3.8) is 0 Å². The molecule has 0 N–H and O–H groups in total. The first-order valence-electron chi connectivity index (χ1n) is 7.16. The molecule has 1 aromatic heterocycles. The van der Waals surface area contributed by atoms with Crippen molar-refractivity contribution in [2.45, 2.75) is 32.6 Å². The van der Waals surface area contributed by atoms with Crippen molar-refractivity contribution >= 4 is 17.5 Å². The van der Waals surface area contributed by atoms with Gasteiger partial charge in [0.2, 0.25) is 11.2 Å². The molecule has 20 heavy (non-hydrogen) atoms. The zero-order valence-electron chi connectivity index (χ0n) is 11.8. The van der Waals surface area contributed by atoms with Crippen LogP contribution in [0.3, 0.4) is 0 Å². The highest BCUT2D eigenvalue weighted by atomic mass is 35.5. The Balaban J connectivity index is 1.90. The highest BCUT2D eigenvalue weighted by Gasteiger charge is 2.16. The lowest BCUT2D eigenvalue weighted by molar-refractivity contribution is 0.122. The third kappa shape index (κ3) is 4.76. The third-order valence-electron chi connectivity index (χ3n) is 3.10. The van der Waals surface area contributed by atoms with Crippen LogP contribution in [0.4, 0.5) is 5.95 Å². The second-order valence-electron chi connectivity index (χ2n) is 4.70. The molecule has 0 aliphatic carbocycles. The molecule has 0 aromatic carbocycles. The molecule has 1 aliphatic heterocycles. The highest BCUT2D eigenvalue weighted by molar-refractivity contribution is 6.28. The molecule has 2 heterocycles. The fourth-order valence-electron chi connectivity index (χ4n) is 1.98.